The van der Waals surface area contributed by atoms with Gasteiger partial charge < -0.3 is 14.2 Å². The van der Waals surface area contributed by atoms with Crippen molar-refractivity contribution in [1.82, 2.24) is 0 Å². The molecule has 66 heavy (non-hydrogen) atoms. The van der Waals surface area contributed by atoms with E-state index in [0.717, 1.165) is 69.6 Å². The molecule has 0 aliphatic rings. The number of carbonyl (C=O) groups is 3. The van der Waals surface area contributed by atoms with Crippen LogP contribution in [0.5, 0.6) is 0 Å². The Morgan fingerprint density at radius 2 is 0.576 bits per heavy atom. The SMILES string of the molecule is CCCCCCCCCCCCCCCCCCCC(=O)O[C@@H](COC(=O)CCCCCCCCCCCCCCCCCCCCC(C)CC)COC(=O)CCCCCCCCC(C)C. The second kappa shape index (κ2) is 52.8. The number of ether oxygens (including phenoxy) is 3. The Hall–Kier alpha value is -1.59. The summed E-state index contributed by atoms with van der Waals surface area (Å²) in [7, 11) is 0. The smallest absolute Gasteiger partial charge is 0.306 e. The van der Waals surface area contributed by atoms with Gasteiger partial charge in [-0.25, -0.2) is 0 Å². The van der Waals surface area contributed by atoms with Crippen molar-refractivity contribution in [3.8, 4) is 0 Å². The van der Waals surface area contributed by atoms with E-state index in [1.165, 1.54) is 225 Å². The number of rotatable bonds is 54. The maximum atomic E-state index is 12.8. The van der Waals surface area contributed by atoms with Crippen molar-refractivity contribution in [2.45, 2.75) is 343 Å². The fraction of sp³-hybridized carbons (Fsp3) is 0.950. The van der Waals surface area contributed by atoms with Gasteiger partial charge in [-0.3, -0.25) is 14.4 Å². The summed E-state index contributed by atoms with van der Waals surface area (Å²) in [5, 5.41) is 0. The van der Waals surface area contributed by atoms with Crippen LogP contribution < -0.4 is 0 Å². The average Bonchev–Trinajstić information content (AvgIpc) is 3.30. The molecule has 0 fully saturated rings. The van der Waals surface area contributed by atoms with Crippen LogP contribution in [-0.2, 0) is 28.6 Å². The van der Waals surface area contributed by atoms with E-state index in [4.69, 9.17) is 14.2 Å². The minimum Gasteiger partial charge on any atom is -0.462 e. The van der Waals surface area contributed by atoms with Gasteiger partial charge >= 0.3 is 17.9 Å². The second-order valence-electron chi connectivity index (χ2n) is 21.4. The normalized spacial score (nSPS) is 12.5. The van der Waals surface area contributed by atoms with Crippen molar-refractivity contribution in [2.24, 2.45) is 11.8 Å². The van der Waals surface area contributed by atoms with Crippen LogP contribution >= 0.6 is 0 Å². The molecule has 392 valence electrons. The van der Waals surface area contributed by atoms with Gasteiger partial charge in [0.05, 0.1) is 0 Å². The van der Waals surface area contributed by atoms with E-state index in [1.807, 2.05) is 0 Å². The number of hydrogen-bond acceptors (Lipinski definition) is 6. The predicted molar refractivity (Wildman–Crippen MR) is 284 cm³/mol. The maximum Gasteiger partial charge on any atom is 0.306 e. The highest BCUT2D eigenvalue weighted by Gasteiger charge is 2.19. The van der Waals surface area contributed by atoms with Crippen LogP contribution in [0.25, 0.3) is 0 Å². The van der Waals surface area contributed by atoms with Crippen LogP contribution in [0, 0.1) is 11.8 Å². The minimum atomic E-state index is -0.763. The largest absolute Gasteiger partial charge is 0.462 e. The lowest BCUT2D eigenvalue weighted by atomic mass is 9.99. The van der Waals surface area contributed by atoms with Gasteiger partial charge in [-0.15, -0.1) is 0 Å². The molecule has 0 heterocycles. The molecule has 0 saturated heterocycles. The van der Waals surface area contributed by atoms with Gasteiger partial charge in [0.2, 0.25) is 0 Å². The average molecular weight is 934 g/mol. The summed E-state index contributed by atoms with van der Waals surface area (Å²) >= 11 is 0. The lowest BCUT2D eigenvalue weighted by molar-refractivity contribution is -0.167. The molecule has 0 bridgehead atoms. The molecule has 6 nitrogen and oxygen atoms in total. The molecule has 0 aliphatic carbocycles. The van der Waals surface area contributed by atoms with E-state index < -0.39 is 6.10 Å². The van der Waals surface area contributed by atoms with Gasteiger partial charge in [-0.2, -0.15) is 0 Å². The third-order valence-electron chi connectivity index (χ3n) is 14.1. The Kier molecular flexibility index (Phi) is 51.5. The molecule has 0 spiro atoms. The molecule has 0 amide bonds. The summed E-state index contributed by atoms with van der Waals surface area (Å²) in [6, 6.07) is 0. The highest BCUT2D eigenvalue weighted by molar-refractivity contribution is 5.71. The molecule has 0 aromatic carbocycles. The molecule has 0 saturated carbocycles. The van der Waals surface area contributed by atoms with Gasteiger partial charge in [0.15, 0.2) is 6.10 Å². The molecule has 0 aromatic heterocycles. The van der Waals surface area contributed by atoms with E-state index in [-0.39, 0.29) is 31.1 Å². The summed E-state index contributed by atoms with van der Waals surface area (Å²) < 4.78 is 16.9. The standard InChI is InChI=1S/C60H116O6/c1-6-8-9-10-11-12-13-14-15-18-23-26-29-32-35-42-47-52-60(63)66-57(54-65-59(62)51-46-41-37-36-38-43-48-55(3)4)53-64-58(61)50-45-40-34-31-28-25-22-20-17-16-19-21-24-27-30-33-39-44-49-56(5)7-2/h55-57H,6-54H2,1-5H3/t56?,57-/m0/s1. The topological polar surface area (TPSA) is 78.9 Å². The molecule has 0 N–H and O–H groups in total. The van der Waals surface area contributed by atoms with Crippen LogP contribution in [0.15, 0.2) is 0 Å². The molecule has 0 rings (SSSR count). The van der Waals surface area contributed by atoms with E-state index in [1.54, 1.807) is 0 Å². The third kappa shape index (κ3) is 51.8. The van der Waals surface area contributed by atoms with Crippen molar-refractivity contribution >= 4 is 17.9 Å². The molecule has 1 unspecified atom stereocenters. The first-order valence-electron chi connectivity index (χ1n) is 29.8. The number of carbonyl (C=O) groups excluding carboxylic acids is 3. The highest BCUT2D eigenvalue weighted by atomic mass is 16.6. The monoisotopic (exact) mass is 933 g/mol. The number of unbranched alkanes of at least 4 members (excludes halogenated alkanes) is 38. The van der Waals surface area contributed by atoms with Crippen molar-refractivity contribution < 1.29 is 28.6 Å². The van der Waals surface area contributed by atoms with E-state index in [9.17, 15) is 14.4 Å². The van der Waals surface area contributed by atoms with Crippen molar-refractivity contribution in [1.29, 1.82) is 0 Å². The van der Waals surface area contributed by atoms with Gasteiger partial charge in [0, 0.05) is 19.3 Å². The van der Waals surface area contributed by atoms with Crippen LogP contribution in [-0.4, -0.2) is 37.2 Å². The molecule has 2 atom stereocenters. The first kappa shape index (κ1) is 64.4. The zero-order chi connectivity index (χ0) is 48.2. The second-order valence-corrected chi connectivity index (χ2v) is 21.4. The summed E-state index contributed by atoms with van der Waals surface area (Å²) in [6.45, 7) is 11.4. The molecule has 0 aromatic rings. The first-order chi connectivity index (χ1) is 32.3. The zero-order valence-corrected chi connectivity index (χ0v) is 45.3. The summed E-state index contributed by atoms with van der Waals surface area (Å²) in [6.07, 6.45) is 56.9. The molecule has 0 aliphatic heterocycles. The van der Waals surface area contributed by atoms with Gasteiger partial charge in [0.25, 0.3) is 0 Å². The minimum absolute atomic E-state index is 0.0635. The Balaban J connectivity index is 4.17. The molecule has 0 radical (unpaired) electrons. The highest BCUT2D eigenvalue weighted by Crippen LogP contribution is 2.19. The quantitative estimate of drug-likeness (QED) is 0.0343. The Bertz CT molecular complexity index is 1010. The third-order valence-corrected chi connectivity index (χ3v) is 14.1. The van der Waals surface area contributed by atoms with Crippen LogP contribution in [0.4, 0.5) is 0 Å². The van der Waals surface area contributed by atoms with E-state index in [2.05, 4.69) is 34.6 Å². The Labute approximate surface area is 412 Å². The summed E-state index contributed by atoms with van der Waals surface area (Å²) in [4.78, 5) is 38.1. The Morgan fingerprint density at radius 1 is 0.318 bits per heavy atom. The van der Waals surface area contributed by atoms with E-state index in [0.29, 0.717) is 19.3 Å². The molecular weight excluding hydrogens is 817 g/mol. The number of esters is 3. The van der Waals surface area contributed by atoms with Gasteiger partial charge in [0.1, 0.15) is 13.2 Å². The summed E-state index contributed by atoms with van der Waals surface area (Å²) in [5.41, 5.74) is 0. The molecular formula is C60H116O6. The summed E-state index contributed by atoms with van der Waals surface area (Å²) in [5.74, 6) is 0.829. The predicted octanol–water partition coefficient (Wildman–Crippen LogP) is 19.7. The number of hydrogen-bond donors (Lipinski definition) is 0. The van der Waals surface area contributed by atoms with Crippen molar-refractivity contribution in [3.05, 3.63) is 0 Å². The van der Waals surface area contributed by atoms with Crippen molar-refractivity contribution in [3.63, 3.8) is 0 Å². The zero-order valence-electron chi connectivity index (χ0n) is 45.3. The van der Waals surface area contributed by atoms with E-state index >= 15 is 0 Å². The fourth-order valence-electron chi connectivity index (χ4n) is 9.20. The molecule has 6 heteroatoms. The van der Waals surface area contributed by atoms with Crippen molar-refractivity contribution in [2.75, 3.05) is 13.2 Å². The van der Waals surface area contributed by atoms with Gasteiger partial charge in [-0.1, -0.05) is 298 Å². The Morgan fingerprint density at radius 3 is 0.864 bits per heavy atom. The maximum absolute atomic E-state index is 12.8. The van der Waals surface area contributed by atoms with Crippen LogP contribution in [0.1, 0.15) is 336 Å². The first-order valence-corrected chi connectivity index (χ1v) is 29.8. The van der Waals surface area contributed by atoms with Crippen LogP contribution in [0.2, 0.25) is 0 Å². The van der Waals surface area contributed by atoms with Gasteiger partial charge in [-0.05, 0) is 31.1 Å². The lowest BCUT2D eigenvalue weighted by Gasteiger charge is -2.18. The lowest BCUT2D eigenvalue weighted by Crippen LogP contribution is -2.30. The van der Waals surface area contributed by atoms with Crippen LogP contribution in [0.3, 0.4) is 0 Å². The fourth-order valence-corrected chi connectivity index (χ4v) is 9.20.